The van der Waals surface area contributed by atoms with E-state index in [0.29, 0.717) is 48.1 Å². The lowest BCUT2D eigenvalue weighted by Gasteiger charge is -2.11. The van der Waals surface area contributed by atoms with E-state index < -0.39 is 10.0 Å². The average Bonchev–Trinajstić information content (AvgIpc) is 3.05. The molecule has 0 saturated heterocycles. The van der Waals surface area contributed by atoms with Gasteiger partial charge in [0.25, 0.3) is 5.56 Å². The molecule has 0 aliphatic rings. The third kappa shape index (κ3) is 4.49. The fourth-order valence-corrected chi connectivity index (χ4v) is 4.43. The van der Waals surface area contributed by atoms with E-state index in [-0.39, 0.29) is 11.3 Å². The van der Waals surface area contributed by atoms with Gasteiger partial charge in [0.05, 0.1) is 16.7 Å². The molecule has 0 unspecified atom stereocenters. The highest BCUT2D eigenvalue weighted by Crippen LogP contribution is 2.22. The number of ether oxygens (including phenoxy) is 1. The number of aromatic nitrogens is 4. The van der Waals surface area contributed by atoms with Crippen molar-refractivity contribution in [1.82, 2.24) is 19.2 Å². The molecule has 0 radical (unpaired) electrons. The molecule has 9 nitrogen and oxygen atoms in total. The Labute approximate surface area is 160 Å². The van der Waals surface area contributed by atoms with Crippen LogP contribution in [0.4, 0.5) is 0 Å². The van der Waals surface area contributed by atoms with Crippen LogP contribution in [0.3, 0.4) is 0 Å². The van der Waals surface area contributed by atoms with Crippen LogP contribution in [0, 0.1) is 0 Å². The number of nitrogens with two attached hydrogens (primary N) is 1. The number of aryl methyl sites for hydroxylation is 1. The Morgan fingerprint density at radius 2 is 2.00 bits per heavy atom. The van der Waals surface area contributed by atoms with Gasteiger partial charge in [-0.1, -0.05) is 23.9 Å². The van der Waals surface area contributed by atoms with Crippen LogP contribution >= 0.6 is 11.8 Å². The molecule has 1 aromatic carbocycles. The Hall–Kier alpha value is -1.95. The van der Waals surface area contributed by atoms with Crippen LogP contribution < -0.4 is 10.7 Å². The number of rotatable bonds is 9. The number of fused-ring (bicyclic) bond motifs is 3. The van der Waals surface area contributed by atoms with E-state index in [9.17, 15) is 13.2 Å². The standard InChI is InChI=1S/C16H21N5O4S2/c1-25-9-4-8-20-14(22)12-6-2-3-7-13(12)21-15(20)18-19-16(21)26-10-5-11-27(17,23)24/h2-3,6-7H,4-5,8-11H2,1H3,(H2,17,23,24). The number of methoxy groups -OCH3 is 1. The van der Waals surface area contributed by atoms with E-state index in [4.69, 9.17) is 9.88 Å². The van der Waals surface area contributed by atoms with Crippen molar-refractivity contribution in [3.05, 3.63) is 34.6 Å². The van der Waals surface area contributed by atoms with Gasteiger partial charge in [-0.3, -0.25) is 13.8 Å². The second-order valence-electron chi connectivity index (χ2n) is 6.01. The summed E-state index contributed by atoms with van der Waals surface area (Å²) < 4.78 is 30.7. The zero-order valence-electron chi connectivity index (χ0n) is 14.9. The summed E-state index contributed by atoms with van der Waals surface area (Å²) in [5, 5.41) is 14.6. The van der Waals surface area contributed by atoms with Crippen LogP contribution in [0.25, 0.3) is 16.7 Å². The minimum absolute atomic E-state index is 0.0841. The van der Waals surface area contributed by atoms with Gasteiger partial charge in [0.1, 0.15) is 0 Å². The minimum Gasteiger partial charge on any atom is -0.385 e. The first-order valence-corrected chi connectivity index (χ1v) is 11.1. The number of para-hydroxylation sites is 1. The molecule has 2 N–H and O–H groups in total. The molecule has 2 heterocycles. The monoisotopic (exact) mass is 411 g/mol. The van der Waals surface area contributed by atoms with Gasteiger partial charge in [0, 0.05) is 26.0 Å². The fraction of sp³-hybridized carbons (Fsp3) is 0.438. The molecule has 27 heavy (non-hydrogen) atoms. The van der Waals surface area contributed by atoms with Crippen molar-refractivity contribution < 1.29 is 13.2 Å². The number of primary sulfonamides is 1. The van der Waals surface area contributed by atoms with Crippen LogP contribution in [0.2, 0.25) is 0 Å². The van der Waals surface area contributed by atoms with Gasteiger partial charge in [-0.2, -0.15) is 0 Å². The predicted octanol–water partition coefficient (Wildman–Crippen LogP) is 0.851. The third-order valence-corrected chi connectivity index (χ3v) is 5.89. The lowest BCUT2D eigenvalue weighted by Crippen LogP contribution is -2.24. The maximum absolute atomic E-state index is 12.9. The van der Waals surface area contributed by atoms with Crippen LogP contribution in [0.15, 0.2) is 34.2 Å². The van der Waals surface area contributed by atoms with Crippen molar-refractivity contribution in [3.8, 4) is 0 Å². The van der Waals surface area contributed by atoms with E-state index in [0.717, 1.165) is 5.52 Å². The van der Waals surface area contributed by atoms with Gasteiger partial charge in [-0.25, -0.2) is 13.6 Å². The van der Waals surface area contributed by atoms with Crippen molar-refractivity contribution >= 4 is 38.5 Å². The lowest BCUT2D eigenvalue weighted by atomic mass is 10.2. The Morgan fingerprint density at radius 3 is 2.74 bits per heavy atom. The Kier molecular flexibility index (Phi) is 6.15. The number of nitrogens with zero attached hydrogens (tertiary/aromatic N) is 4. The summed E-state index contributed by atoms with van der Waals surface area (Å²) >= 11 is 1.38. The summed E-state index contributed by atoms with van der Waals surface area (Å²) in [6.07, 6.45) is 1.08. The predicted molar refractivity (Wildman–Crippen MR) is 105 cm³/mol. The third-order valence-electron chi connectivity index (χ3n) is 4.01. The van der Waals surface area contributed by atoms with Crippen molar-refractivity contribution in [2.24, 2.45) is 5.14 Å². The molecular formula is C16H21N5O4S2. The minimum atomic E-state index is -3.48. The molecule has 0 spiro atoms. The van der Waals surface area contributed by atoms with Crippen LogP contribution in [-0.2, 0) is 21.3 Å². The molecule has 11 heteroatoms. The number of hydrogen-bond donors (Lipinski definition) is 1. The largest absolute Gasteiger partial charge is 0.385 e. The summed E-state index contributed by atoms with van der Waals surface area (Å²) in [6, 6.07) is 7.30. The average molecular weight is 412 g/mol. The normalized spacial score (nSPS) is 12.2. The summed E-state index contributed by atoms with van der Waals surface area (Å²) in [4.78, 5) is 12.9. The highest BCUT2D eigenvalue weighted by atomic mass is 32.2. The first kappa shape index (κ1) is 19.8. The number of benzene rings is 1. The van der Waals surface area contributed by atoms with Crippen molar-refractivity contribution in [1.29, 1.82) is 0 Å². The van der Waals surface area contributed by atoms with E-state index in [2.05, 4.69) is 10.2 Å². The van der Waals surface area contributed by atoms with Crippen LogP contribution in [0.1, 0.15) is 12.8 Å². The summed E-state index contributed by atoms with van der Waals surface area (Å²) in [7, 11) is -1.86. The lowest BCUT2D eigenvalue weighted by molar-refractivity contribution is 0.190. The quantitative estimate of drug-likeness (QED) is 0.409. The van der Waals surface area contributed by atoms with Gasteiger partial charge in [0.2, 0.25) is 15.8 Å². The second-order valence-corrected chi connectivity index (χ2v) is 8.80. The van der Waals surface area contributed by atoms with Crippen molar-refractivity contribution in [2.45, 2.75) is 24.5 Å². The fourth-order valence-electron chi connectivity index (χ4n) is 2.82. The molecule has 3 rings (SSSR count). The number of thioether (sulfide) groups is 1. The number of sulfonamides is 1. The molecule has 0 amide bonds. The molecule has 0 fully saturated rings. The highest BCUT2D eigenvalue weighted by Gasteiger charge is 2.16. The summed E-state index contributed by atoms with van der Waals surface area (Å²) in [5.41, 5.74) is 0.604. The maximum atomic E-state index is 12.9. The van der Waals surface area contributed by atoms with Crippen molar-refractivity contribution in [2.75, 3.05) is 25.2 Å². The Bertz CT molecular complexity index is 1110. The zero-order chi connectivity index (χ0) is 19.4. The first-order valence-electron chi connectivity index (χ1n) is 8.41. The Morgan fingerprint density at radius 1 is 1.22 bits per heavy atom. The van der Waals surface area contributed by atoms with Gasteiger partial charge in [-0.15, -0.1) is 10.2 Å². The van der Waals surface area contributed by atoms with Gasteiger partial charge in [0.15, 0.2) is 5.16 Å². The maximum Gasteiger partial charge on any atom is 0.262 e. The zero-order valence-corrected chi connectivity index (χ0v) is 16.5. The van der Waals surface area contributed by atoms with Crippen LogP contribution in [-0.4, -0.2) is 52.8 Å². The van der Waals surface area contributed by atoms with E-state index in [1.807, 2.05) is 22.6 Å². The molecule has 0 aliphatic heterocycles. The molecule has 3 aromatic rings. The van der Waals surface area contributed by atoms with Gasteiger partial charge in [-0.05, 0) is 25.0 Å². The molecular weight excluding hydrogens is 390 g/mol. The highest BCUT2D eigenvalue weighted by molar-refractivity contribution is 7.99. The smallest absolute Gasteiger partial charge is 0.262 e. The van der Waals surface area contributed by atoms with E-state index >= 15 is 0 Å². The van der Waals surface area contributed by atoms with Crippen molar-refractivity contribution in [3.63, 3.8) is 0 Å². The molecule has 146 valence electrons. The first-order chi connectivity index (χ1) is 12.9. The van der Waals surface area contributed by atoms with Gasteiger partial charge >= 0.3 is 0 Å². The SMILES string of the molecule is COCCCn1c(=O)c2ccccc2n2c(SCCCS(N)(=O)=O)nnc12. The summed E-state index contributed by atoms with van der Waals surface area (Å²) in [5.74, 6) is 0.900. The van der Waals surface area contributed by atoms with Crippen LogP contribution in [0.5, 0.6) is 0 Å². The van der Waals surface area contributed by atoms with E-state index in [1.54, 1.807) is 17.7 Å². The van der Waals surface area contributed by atoms with E-state index in [1.165, 1.54) is 11.8 Å². The topological polar surface area (TPSA) is 122 Å². The molecule has 0 atom stereocenters. The van der Waals surface area contributed by atoms with Gasteiger partial charge < -0.3 is 4.74 Å². The Balaban J connectivity index is 2.00. The molecule has 0 bridgehead atoms. The second kappa shape index (κ2) is 8.38. The number of hydrogen-bond acceptors (Lipinski definition) is 7. The molecule has 2 aromatic heterocycles. The molecule has 0 aliphatic carbocycles. The molecule has 0 saturated carbocycles. The summed E-state index contributed by atoms with van der Waals surface area (Å²) in [6.45, 7) is 1.00.